The molecule has 0 bridgehead atoms. The van der Waals surface area contributed by atoms with Gasteiger partial charge in [0.1, 0.15) is 18.1 Å². The van der Waals surface area contributed by atoms with Crippen LogP contribution in [0, 0.1) is 11.8 Å². The second kappa shape index (κ2) is 15.2. The van der Waals surface area contributed by atoms with Gasteiger partial charge in [0.05, 0.1) is 6.04 Å². The Kier molecular flexibility index (Phi) is 12.4. The lowest BCUT2D eigenvalue weighted by Gasteiger charge is -2.27. The van der Waals surface area contributed by atoms with E-state index in [1.165, 1.54) is 0 Å². The Bertz CT molecular complexity index is 1110. The predicted molar refractivity (Wildman–Crippen MR) is 151 cm³/mol. The number of aliphatic carboxylic acids is 1. The van der Waals surface area contributed by atoms with E-state index < -0.39 is 47.9 Å². The van der Waals surface area contributed by atoms with Gasteiger partial charge in [0, 0.05) is 17.1 Å². The summed E-state index contributed by atoms with van der Waals surface area (Å²) >= 11 is 0. The van der Waals surface area contributed by atoms with Gasteiger partial charge >= 0.3 is 5.97 Å². The molecule has 1 heterocycles. The van der Waals surface area contributed by atoms with Gasteiger partial charge in [-0.15, -0.1) is 0 Å². The monoisotopic (exact) mass is 544 g/mol. The number of nitrogens with two attached hydrogens (primary N) is 2. The number of unbranched alkanes of at least 4 members (excludes halogenated alkanes) is 1. The Morgan fingerprint density at radius 3 is 2.21 bits per heavy atom. The minimum atomic E-state index is -1.15. The number of hydrogen-bond donors (Lipinski definition) is 7. The maximum absolute atomic E-state index is 13.3. The first-order valence-electron chi connectivity index (χ1n) is 13.6. The molecule has 0 aliphatic carbocycles. The number of benzene rings is 1. The molecule has 39 heavy (non-hydrogen) atoms. The summed E-state index contributed by atoms with van der Waals surface area (Å²) < 4.78 is 0. The van der Waals surface area contributed by atoms with Crippen molar-refractivity contribution in [3.05, 3.63) is 36.0 Å². The largest absolute Gasteiger partial charge is 0.480 e. The second-order valence-electron chi connectivity index (χ2n) is 10.8. The van der Waals surface area contributed by atoms with E-state index in [1.54, 1.807) is 13.8 Å². The average molecular weight is 545 g/mol. The van der Waals surface area contributed by atoms with Crippen molar-refractivity contribution in [2.24, 2.45) is 23.3 Å². The molecule has 1 aromatic heterocycles. The lowest BCUT2D eigenvalue weighted by Crippen LogP contribution is -2.58. The average Bonchev–Trinajstić information content (AvgIpc) is 3.28. The lowest BCUT2D eigenvalue weighted by atomic mass is 9.98. The second-order valence-corrected chi connectivity index (χ2v) is 10.8. The molecule has 0 saturated carbocycles. The fourth-order valence-corrected chi connectivity index (χ4v) is 4.41. The Labute approximate surface area is 229 Å². The van der Waals surface area contributed by atoms with Crippen molar-refractivity contribution in [3.8, 4) is 0 Å². The van der Waals surface area contributed by atoms with Gasteiger partial charge in [0.2, 0.25) is 17.7 Å². The van der Waals surface area contributed by atoms with Crippen LogP contribution in [0.5, 0.6) is 0 Å². The fraction of sp³-hybridized carbons (Fsp3) is 0.571. The van der Waals surface area contributed by atoms with Gasteiger partial charge in [-0.25, -0.2) is 4.79 Å². The molecule has 0 aliphatic rings. The molecule has 2 rings (SSSR count). The van der Waals surface area contributed by atoms with Crippen LogP contribution in [0.1, 0.15) is 58.9 Å². The molecule has 4 unspecified atom stereocenters. The van der Waals surface area contributed by atoms with Gasteiger partial charge in [-0.3, -0.25) is 14.4 Å². The number of carbonyl (C=O) groups excluding carboxylic acids is 3. The quantitative estimate of drug-likeness (QED) is 0.155. The van der Waals surface area contributed by atoms with E-state index in [1.807, 2.05) is 44.3 Å². The molecule has 9 N–H and O–H groups in total. The van der Waals surface area contributed by atoms with Crippen LogP contribution in [0.2, 0.25) is 0 Å². The van der Waals surface area contributed by atoms with Crippen molar-refractivity contribution < 1.29 is 24.3 Å². The van der Waals surface area contributed by atoms with Gasteiger partial charge in [0.25, 0.3) is 0 Å². The van der Waals surface area contributed by atoms with E-state index in [9.17, 15) is 24.3 Å². The summed E-state index contributed by atoms with van der Waals surface area (Å²) in [6.07, 6.45) is 3.86. The summed E-state index contributed by atoms with van der Waals surface area (Å²) in [7, 11) is 0. The number of nitrogens with one attached hydrogen (secondary N) is 4. The minimum Gasteiger partial charge on any atom is -0.480 e. The molecule has 4 atom stereocenters. The standard InChI is InChI=1S/C28H44N6O5/c1-16(2)13-23(33-25(35)20(30)14-18-15-31-21-10-6-5-9-19(18)21)26(36)34-24(17(3)4)27(37)32-22(28(38)39)11-7-8-12-29/h5-6,9-10,15-17,20,22-24,31H,7-8,11-14,29-30H2,1-4H3,(H,32,37)(H,33,35)(H,34,36)(H,38,39). The number of para-hydroxylation sites is 1. The van der Waals surface area contributed by atoms with Crippen LogP contribution in [0.15, 0.2) is 30.5 Å². The highest BCUT2D eigenvalue weighted by Gasteiger charge is 2.32. The number of carboxylic acid groups (broad SMARTS) is 1. The van der Waals surface area contributed by atoms with Gasteiger partial charge in [-0.05, 0) is 62.1 Å². The summed E-state index contributed by atoms with van der Waals surface area (Å²) in [6.45, 7) is 7.77. The SMILES string of the molecule is CC(C)CC(NC(=O)C(N)Cc1c[nH]c2ccccc12)C(=O)NC(C(=O)NC(CCCCN)C(=O)O)C(C)C. The number of carboxylic acids is 1. The van der Waals surface area contributed by atoms with Crippen LogP contribution in [-0.4, -0.2) is 64.5 Å². The smallest absolute Gasteiger partial charge is 0.326 e. The third-order valence-electron chi connectivity index (χ3n) is 6.60. The summed E-state index contributed by atoms with van der Waals surface area (Å²) in [5.41, 5.74) is 13.6. The van der Waals surface area contributed by atoms with Gasteiger partial charge < -0.3 is 37.5 Å². The Hall–Kier alpha value is -3.44. The number of H-pyrrole nitrogens is 1. The maximum atomic E-state index is 13.3. The first-order valence-corrected chi connectivity index (χ1v) is 13.6. The highest BCUT2D eigenvalue weighted by molar-refractivity contribution is 5.94. The molecule has 3 amide bonds. The summed E-state index contributed by atoms with van der Waals surface area (Å²) in [5, 5.41) is 18.5. The molecule has 0 spiro atoms. The molecule has 0 aliphatic heterocycles. The number of fused-ring (bicyclic) bond motifs is 1. The molecule has 11 nitrogen and oxygen atoms in total. The van der Waals surface area contributed by atoms with Crippen LogP contribution >= 0.6 is 0 Å². The minimum absolute atomic E-state index is 0.0659. The number of rotatable bonds is 16. The topological polar surface area (TPSA) is 192 Å². The van der Waals surface area contributed by atoms with Crippen LogP contribution in [0.3, 0.4) is 0 Å². The Morgan fingerprint density at radius 2 is 1.59 bits per heavy atom. The summed E-state index contributed by atoms with van der Waals surface area (Å²) in [6, 6.07) is 3.84. The molecule has 0 fully saturated rings. The molecular weight excluding hydrogens is 500 g/mol. The first-order chi connectivity index (χ1) is 18.4. The zero-order valence-electron chi connectivity index (χ0n) is 23.3. The fourth-order valence-electron chi connectivity index (χ4n) is 4.41. The molecule has 11 heteroatoms. The van der Waals surface area contributed by atoms with Crippen molar-refractivity contribution >= 4 is 34.6 Å². The third kappa shape index (κ3) is 9.67. The zero-order valence-corrected chi connectivity index (χ0v) is 23.3. The van der Waals surface area contributed by atoms with Crippen molar-refractivity contribution in [3.63, 3.8) is 0 Å². The lowest BCUT2D eigenvalue weighted by molar-refractivity contribution is -0.142. The van der Waals surface area contributed by atoms with Crippen molar-refractivity contribution in [1.82, 2.24) is 20.9 Å². The predicted octanol–water partition coefficient (Wildman–Crippen LogP) is 1.41. The molecular formula is C28H44N6O5. The molecule has 1 aromatic carbocycles. The van der Waals surface area contributed by atoms with Crippen molar-refractivity contribution in [2.45, 2.75) is 84.0 Å². The Balaban J connectivity index is 2.08. The number of amides is 3. The van der Waals surface area contributed by atoms with E-state index in [4.69, 9.17) is 11.5 Å². The van der Waals surface area contributed by atoms with E-state index in [-0.39, 0.29) is 24.7 Å². The van der Waals surface area contributed by atoms with Gasteiger partial charge in [0.15, 0.2) is 0 Å². The van der Waals surface area contributed by atoms with Crippen LogP contribution in [0.25, 0.3) is 10.9 Å². The zero-order chi connectivity index (χ0) is 29.1. The normalized spacial score (nSPS) is 14.6. The number of aromatic nitrogens is 1. The maximum Gasteiger partial charge on any atom is 0.326 e. The molecule has 216 valence electrons. The number of carbonyl (C=O) groups is 4. The highest BCUT2D eigenvalue weighted by Crippen LogP contribution is 2.19. The van der Waals surface area contributed by atoms with E-state index in [2.05, 4.69) is 20.9 Å². The van der Waals surface area contributed by atoms with Crippen molar-refractivity contribution in [2.75, 3.05) is 6.54 Å². The molecule has 0 saturated heterocycles. The first kappa shape index (κ1) is 31.8. The van der Waals surface area contributed by atoms with E-state index in [0.29, 0.717) is 25.8 Å². The summed E-state index contributed by atoms with van der Waals surface area (Å²) in [5.74, 6) is -3.01. The number of hydrogen-bond acceptors (Lipinski definition) is 6. The third-order valence-corrected chi connectivity index (χ3v) is 6.60. The Morgan fingerprint density at radius 1 is 0.923 bits per heavy atom. The van der Waals surface area contributed by atoms with Gasteiger partial charge in [-0.2, -0.15) is 0 Å². The molecule has 2 aromatic rings. The number of aromatic amines is 1. The summed E-state index contributed by atoms with van der Waals surface area (Å²) in [4.78, 5) is 54.1. The van der Waals surface area contributed by atoms with E-state index in [0.717, 1.165) is 16.5 Å². The van der Waals surface area contributed by atoms with Crippen molar-refractivity contribution in [1.29, 1.82) is 0 Å². The van der Waals surface area contributed by atoms with E-state index >= 15 is 0 Å². The van der Waals surface area contributed by atoms with Gasteiger partial charge in [-0.1, -0.05) is 45.9 Å². The van der Waals surface area contributed by atoms with Crippen LogP contribution in [-0.2, 0) is 25.6 Å². The highest BCUT2D eigenvalue weighted by atomic mass is 16.4. The van der Waals surface area contributed by atoms with Crippen LogP contribution < -0.4 is 27.4 Å². The van der Waals surface area contributed by atoms with Crippen LogP contribution in [0.4, 0.5) is 0 Å². The molecule has 0 radical (unpaired) electrons.